The Bertz CT molecular complexity index is 929. The molecule has 0 N–H and O–H groups in total. The lowest BCUT2D eigenvalue weighted by atomic mass is 9.96. The van der Waals surface area contributed by atoms with Gasteiger partial charge in [-0.05, 0) is 57.4 Å². The summed E-state index contributed by atoms with van der Waals surface area (Å²) in [6.45, 7) is 6.96. The van der Waals surface area contributed by atoms with Gasteiger partial charge in [-0.15, -0.1) is 10.2 Å². The van der Waals surface area contributed by atoms with E-state index in [1.165, 1.54) is 0 Å². The summed E-state index contributed by atoms with van der Waals surface area (Å²) < 4.78 is 13.4. The Balaban J connectivity index is 1.58. The molecule has 3 heterocycles. The molecule has 1 amide bonds. The molecule has 1 atom stereocenters. The second-order valence-corrected chi connectivity index (χ2v) is 9.53. The van der Waals surface area contributed by atoms with E-state index in [4.69, 9.17) is 21.1 Å². The number of amides is 1. The van der Waals surface area contributed by atoms with Gasteiger partial charge < -0.3 is 14.4 Å². The van der Waals surface area contributed by atoms with Gasteiger partial charge >= 0.3 is 6.09 Å². The average molecular weight is 433 g/mol. The van der Waals surface area contributed by atoms with E-state index in [2.05, 4.69) is 14.8 Å². The maximum absolute atomic E-state index is 12.4. The Morgan fingerprint density at radius 3 is 2.57 bits per heavy atom. The zero-order valence-electron chi connectivity index (χ0n) is 18.0. The summed E-state index contributed by atoms with van der Waals surface area (Å²) in [4.78, 5) is 14.2. The summed E-state index contributed by atoms with van der Waals surface area (Å²) >= 11 is 6.27. The van der Waals surface area contributed by atoms with E-state index in [9.17, 15) is 4.79 Å². The van der Waals surface area contributed by atoms with Crippen molar-refractivity contribution < 1.29 is 14.3 Å². The summed E-state index contributed by atoms with van der Waals surface area (Å²) in [6, 6.07) is 5.96. The van der Waals surface area contributed by atoms with Crippen LogP contribution in [-0.4, -0.2) is 57.7 Å². The Labute approximate surface area is 182 Å². The number of piperidine rings is 1. The SMILES string of the molecule is COC1Cc2cc(Cl)ccc2-n2c(nnc2C2CCN(C(=O)OC(C)(C)C)CC2)C1. The van der Waals surface area contributed by atoms with Crippen molar-refractivity contribution in [3.63, 3.8) is 0 Å². The van der Waals surface area contributed by atoms with Crippen molar-refractivity contribution in [1.29, 1.82) is 0 Å². The van der Waals surface area contributed by atoms with E-state index in [0.29, 0.717) is 24.5 Å². The monoisotopic (exact) mass is 432 g/mol. The van der Waals surface area contributed by atoms with Crippen LogP contribution in [0, 0.1) is 0 Å². The molecule has 30 heavy (non-hydrogen) atoms. The van der Waals surface area contributed by atoms with E-state index in [0.717, 1.165) is 42.2 Å². The maximum Gasteiger partial charge on any atom is 0.410 e. The summed E-state index contributed by atoms with van der Waals surface area (Å²) in [5.74, 6) is 2.09. The molecule has 0 bridgehead atoms. The first-order valence-corrected chi connectivity index (χ1v) is 10.9. The average Bonchev–Trinajstić information content (AvgIpc) is 3.02. The number of nitrogens with zero attached hydrogens (tertiary/aromatic N) is 4. The third-order valence-corrected chi connectivity index (χ3v) is 5.98. The van der Waals surface area contributed by atoms with Crippen molar-refractivity contribution >= 4 is 17.7 Å². The quantitative estimate of drug-likeness (QED) is 0.713. The van der Waals surface area contributed by atoms with Gasteiger partial charge in [0.05, 0.1) is 11.8 Å². The number of methoxy groups -OCH3 is 1. The van der Waals surface area contributed by atoms with Crippen LogP contribution < -0.4 is 0 Å². The number of rotatable bonds is 2. The van der Waals surface area contributed by atoms with Crippen LogP contribution in [0.25, 0.3) is 5.69 Å². The first kappa shape index (κ1) is 21.1. The summed E-state index contributed by atoms with van der Waals surface area (Å²) in [5.41, 5.74) is 1.73. The molecule has 1 unspecified atom stereocenters. The summed E-state index contributed by atoms with van der Waals surface area (Å²) in [6.07, 6.45) is 2.93. The van der Waals surface area contributed by atoms with Crippen LogP contribution in [0.3, 0.4) is 0 Å². The smallest absolute Gasteiger partial charge is 0.410 e. The number of carbonyl (C=O) groups is 1. The fourth-order valence-electron chi connectivity index (χ4n) is 4.26. The lowest BCUT2D eigenvalue weighted by Gasteiger charge is -2.33. The number of halogens is 1. The van der Waals surface area contributed by atoms with Crippen LogP contribution in [-0.2, 0) is 22.3 Å². The van der Waals surface area contributed by atoms with Gasteiger partial charge in [0.1, 0.15) is 17.2 Å². The molecule has 2 aromatic rings. The highest BCUT2D eigenvalue weighted by Crippen LogP contribution is 2.34. The van der Waals surface area contributed by atoms with Crippen molar-refractivity contribution in [3.05, 3.63) is 40.4 Å². The molecule has 162 valence electrons. The minimum absolute atomic E-state index is 0.0366. The molecule has 4 rings (SSSR count). The predicted octanol–water partition coefficient (Wildman–Crippen LogP) is 4.15. The van der Waals surface area contributed by atoms with Crippen molar-refractivity contribution in [3.8, 4) is 5.69 Å². The number of ether oxygens (including phenoxy) is 2. The molecule has 1 fully saturated rings. The Kier molecular flexibility index (Phi) is 5.77. The number of likely N-dealkylation sites (tertiary alicyclic amines) is 1. The van der Waals surface area contributed by atoms with Crippen molar-refractivity contribution in [2.75, 3.05) is 20.2 Å². The zero-order valence-corrected chi connectivity index (χ0v) is 18.8. The molecule has 1 aromatic carbocycles. The predicted molar refractivity (Wildman–Crippen MR) is 114 cm³/mol. The molecule has 2 aliphatic heterocycles. The van der Waals surface area contributed by atoms with Gasteiger partial charge in [-0.25, -0.2) is 4.79 Å². The van der Waals surface area contributed by atoms with Gasteiger partial charge in [0, 0.05) is 44.0 Å². The standard InChI is InChI=1S/C22H29ClN4O3/c1-22(2,3)30-21(28)26-9-7-14(8-10-26)20-25-24-19-13-17(29-4)12-15-11-16(23)5-6-18(15)27(19)20/h5-6,11,14,17H,7-10,12-13H2,1-4H3. The van der Waals surface area contributed by atoms with Crippen LogP contribution in [0.15, 0.2) is 18.2 Å². The van der Waals surface area contributed by atoms with Crippen LogP contribution >= 0.6 is 11.6 Å². The minimum atomic E-state index is -0.485. The number of benzene rings is 1. The lowest BCUT2D eigenvalue weighted by molar-refractivity contribution is 0.0202. The minimum Gasteiger partial charge on any atom is -0.444 e. The van der Waals surface area contributed by atoms with Gasteiger partial charge in [0.2, 0.25) is 0 Å². The van der Waals surface area contributed by atoms with Crippen molar-refractivity contribution in [2.45, 2.75) is 64.1 Å². The van der Waals surface area contributed by atoms with Gasteiger partial charge in [0.15, 0.2) is 0 Å². The molecule has 0 spiro atoms. The molecule has 0 saturated carbocycles. The highest BCUT2D eigenvalue weighted by molar-refractivity contribution is 6.30. The number of hydrogen-bond donors (Lipinski definition) is 0. The van der Waals surface area contributed by atoms with Crippen LogP contribution in [0.5, 0.6) is 0 Å². The van der Waals surface area contributed by atoms with Gasteiger partial charge in [-0.2, -0.15) is 0 Å². The van der Waals surface area contributed by atoms with Crippen molar-refractivity contribution in [2.24, 2.45) is 0 Å². The fourth-order valence-corrected chi connectivity index (χ4v) is 4.45. The zero-order chi connectivity index (χ0) is 21.5. The molecule has 1 aromatic heterocycles. The molecule has 7 nitrogen and oxygen atoms in total. The van der Waals surface area contributed by atoms with Crippen molar-refractivity contribution in [1.82, 2.24) is 19.7 Å². The molecular formula is C22H29ClN4O3. The first-order chi connectivity index (χ1) is 14.2. The van der Waals surface area contributed by atoms with Gasteiger partial charge in [-0.1, -0.05) is 11.6 Å². The third kappa shape index (κ3) is 4.32. The molecule has 1 saturated heterocycles. The summed E-state index contributed by atoms with van der Waals surface area (Å²) in [7, 11) is 1.73. The molecule has 0 aliphatic carbocycles. The Hall–Kier alpha value is -2.12. The van der Waals surface area contributed by atoms with E-state index < -0.39 is 5.60 Å². The number of carbonyl (C=O) groups excluding carboxylic acids is 1. The van der Waals surface area contributed by atoms with Crippen LogP contribution in [0.4, 0.5) is 4.79 Å². The normalized spacial score (nSPS) is 19.8. The molecule has 8 heteroatoms. The third-order valence-electron chi connectivity index (χ3n) is 5.74. The fraction of sp³-hybridized carbons (Fsp3) is 0.591. The molecule has 2 aliphatic rings. The van der Waals surface area contributed by atoms with Crippen LogP contribution in [0.1, 0.15) is 56.7 Å². The highest BCUT2D eigenvalue weighted by atomic mass is 35.5. The first-order valence-electron chi connectivity index (χ1n) is 10.5. The second kappa shape index (κ2) is 8.19. The molecule has 0 radical (unpaired) electrons. The highest BCUT2D eigenvalue weighted by Gasteiger charge is 2.32. The van der Waals surface area contributed by atoms with E-state index in [-0.39, 0.29) is 18.1 Å². The number of aromatic nitrogens is 3. The van der Waals surface area contributed by atoms with Gasteiger partial charge in [-0.3, -0.25) is 4.57 Å². The van der Waals surface area contributed by atoms with E-state index in [1.807, 2.05) is 39.0 Å². The largest absolute Gasteiger partial charge is 0.444 e. The molecular weight excluding hydrogens is 404 g/mol. The lowest BCUT2D eigenvalue weighted by Crippen LogP contribution is -2.41. The summed E-state index contributed by atoms with van der Waals surface area (Å²) in [5, 5.41) is 9.80. The van der Waals surface area contributed by atoms with E-state index in [1.54, 1.807) is 12.0 Å². The topological polar surface area (TPSA) is 69.5 Å². The Morgan fingerprint density at radius 1 is 1.17 bits per heavy atom. The maximum atomic E-state index is 12.4. The van der Waals surface area contributed by atoms with Gasteiger partial charge in [0.25, 0.3) is 0 Å². The van der Waals surface area contributed by atoms with E-state index >= 15 is 0 Å². The van der Waals surface area contributed by atoms with Crippen LogP contribution in [0.2, 0.25) is 5.02 Å². The Morgan fingerprint density at radius 2 is 1.90 bits per heavy atom. The number of hydrogen-bond acceptors (Lipinski definition) is 5. The second-order valence-electron chi connectivity index (χ2n) is 9.09. The number of fused-ring (bicyclic) bond motifs is 3.